The number of nitrogens with zero attached hydrogens (tertiary/aromatic N) is 4. The average molecular weight is 254 g/mol. The topological polar surface area (TPSA) is 80.5 Å². The minimum atomic E-state index is -0.654. The van der Waals surface area contributed by atoms with Gasteiger partial charge in [0.15, 0.2) is 0 Å². The van der Waals surface area contributed by atoms with E-state index in [4.69, 9.17) is 4.74 Å². The Morgan fingerprint density at radius 2 is 2.17 bits per heavy atom. The van der Waals surface area contributed by atoms with Crippen molar-refractivity contribution in [3.05, 3.63) is 12.4 Å². The third-order valence-corrected chi connectivity index (χ3v) is 2.69. The highest BCUT2D eigenvalue weighted by Gasteiger charge is 2.37. The molecule has 1 aromatic heterocycles. The monoisotopic (exact) mass is 254 g/mol. The third-order valence-electron chi connectivity index (χ3n) is 2.69. The molecular weight excluding hydrogens is 236 g/mol. The Kier molecular flexibility index (Phi) is 3.25. The van der Waals surface area contributed by atoms with Gasteiger partial charge in [0.25, 0.3) is 0 Å². The highest BCUT2D eigenvalue weighted by molar-refractivity contribution is 5.68. The predicted octanol–water partition coefficient (Wildman–Crippen LogP) is 0.431. The maximum absolute atomic E-state index is 11.9. The van der Waals surface area contributed by atoms with Gasteiger partial charge in [0.1, 0.15) is 5.60 Å². The normalized spacial score (nSPS) is 24.3. The highest BCUT2D eigenvalue weighted by Crippen LogP contribution is 2.23. The number of likely N-dealkylation sites (tertiary alicyclic amines) is 1. The molecule has 0 saturated carbocycles. The summed E-state index contributed by atoms with van der Waals surface area (Å²) < 4.78 is 6.83. The molecular formula is C11H18N4O3. The van der Waals surface area contributed by atoms with Crippen LogP contribution in [0.5, 0.6) is 0 Å². The number of carbonyl (C=O) groups excluding carboxylic acids is 1. The fraction of sp³-hybridized carbons (Fsp3) is 0.727. The van der Waals surface area contributed by atoms with Gasteiger partial charge in [-0.1, -0.05) is 5.21 Å². The standard InChI is InChI=1S/C11H18N4O3/c1-11(2,3)18-10(17)14-6-8(9(16)7-14)15-5-4-12-13-15/h4-5,8-9,16H,6-7H2,1-3H3/t8?,9-/m0/s1. The average Bonchev–Trinajstić information content (AvgIpc) is 2.82. The molecule has 2 atom stereocenters. The highest BCUT2D eigenvalue weighted by atomic mass is 16.6. The van der Waals surface area contributed by atoms with Crippen LogP contribution in [0.3, 0.4) is 0 Å². The van der Waals surface area contributed by atoms with Crippen molar-refractivity contribution >= 4 is 6.09 Å². The number of aromatic nitrogens is 3. The van der Waals surface area contributed by atoms with Gasteiger partial charge in [-0.25, -0.2) is 9.48 Å². The second-order valence-corrected chi connectivity index (χ2v) is 5.40. The lowest BCUT2D eigenvalue weighted by Crippen LogP contribution is -2.35. The van der Waals surface area contributed by atoms with E-state index >= 15 is 0 Å². The van der Waals surface area contributed by atoms with Gasteiger partial charge >= 0.3 is 6.09 Å². The SMILES string of the molecule is CC(C)(C)OC(=O)N1CC(n2ccnn2)[C@@H](O)C1. The lowest BCUT2D eigenvalue weighted by Gasteiger charge is -2.24. The Balaban J connectivity index is 2.00. The lowest BCUT2D eigenvalue weighted by atomic mass is 10.2. The Labute approximate surface area is 105 Å². The summed E-state index contributed by atoms with van der Waals surface area (Å²) in [5, 5.41) is 17.5. The van der Waals surface area contributed by atoms with Crippen LogP contribution in [0.1, 0.15) is 26.8 Å². The van der Waals surface area contributed by atoms with Crippen molar-refractivity contribution in [3.8, 4) is 0 Å². The molecule has 1 aliphatic heterocycles. The first-order valence-electron chi connectivity index (χ1n) is 5.88. The molecule has 1 aromatic rings. The van der Waals surface area contributed by atoms with Crippen molar-refractivity contribution in [2.45, 2.75) is 38.5 Å². The fourth-order valence-electron chi connectivity index (χ4n) is 1.90. The molecule has 1 amide bonds. The largest absolute Gasteiger partial charge is 0.444 e. The van der Waals surface area contributed by atoms with Gasteiger partial charge in [0, 0.05) is 12.7 Å². The van der Waals surface area contributed by atoms with Crippen LogP contribution < -0.4 is 0 Å². The minimum absolute atomic E-state index is 0.249. The van der Waals surface area contributed by atoms with Crippen LogP contribution in [-0.2, 0) is 4.74 Å². The number of β-amino-alcohol motifs (C(OH)–C–C–N with tert-alkyl or cyclic N) is 1. The number of aliphatic hydroxyl groups is 1. The quantitative estimate of drug-likeness (QED) is 0.786. The first-order valence-corrected chi connectivity index (χ1v) is 5.88. The van der Waals surface area contributed by atoms with Crippen molar-refractivity contribution in [3.63, 3.8) is 0 Å². The van der Waals surface area contributed by atoms with E-state index in [1.807, 2.05) is 20.8 Å². The smallest absolute Gasteiger partial charge is 0.410 e. The number of hydrogen-bond donors (Lipinski definition) is 1. The van der Waals surface area contributed by atoms with E-state index < -0.39 is 17.8 Å². The van der Waals surface area contributed by atoms with E-state index in [9.17, 15) is 9.90 Å². The van der Waals surface area contributed by atoms with Crippen LogP contribution in [0.15, 0.2) is 12.4 Å². The number of rotatable bonds is 1. The van der Waals surface area contributed by atoms with Gasteiger partial charge in [-0.05, 0) is 20.8 Å². The molecule has 0 spiro atoms. The molecule has 2 heterocycles. The van der Waals surface area contributed by atoms with Gasteiger partial charge in [-0.2, -0.15) is 0 Å². The van der Waals surface area contributed by atoms with Gasteiger partial charge in [0.2, 0.25) is 0 Å². The molecule has 0 bridgehead atoms. The van der Waals surface area contributed by atoms with Crippen molar-refractivity contribution in [2.75, 3.05) is 13.1 Å². The molecule has 1 aliphatic rings. The molecule has 18 heavy (non-hydrogen) atoms. The summed E-state index contributed by atoms with van der Waals surface area (Å²) in [4.78, 5) is 13.4. The molecule has 2 rings (SSSR count). The number of ether oxygens (including phenoxy) is 1. The van der Waals surface area contributed by atoms with E-state index in [0.29, 0.717) is 6.54 Å². The molecule has 0 aromatic carbocycles. The van der Waals surface area contributed by atoms with E-state index in [1.54, 1.807) is 17.1 Å². The summed E-state index contributed by atoms with van der Waals surface area (Å²) in [6.07, 6.45) is 2.15. The zero-order chi connectivity index (χ0) is 13.3. The maximum atomic E-state index is 11.9. The number of carbonyl (C=O) groups is 1. The molecule has 7 nitrogen and oxygen atoms in total. The second kappa shape index (κ2) is 4.56. The van der Waals surface area contributed by atoms with E-state index in [2.05, 4.69) is 10.3 Å². The molecule has 0 radical (unpaired) electrons. The molecule has 1 fully saturated rings. The molecule has 1 saturated heterocycles. The van der Waals surface area contributed by atoms with Crippen LogP contribution in [0.2, 0.25) is 0 Å². The number of aliphatic hydroxyl groups excluding tert-OH is 1. The predicted molar refractivity (Wildman–Crippen MR) is 62.9 cm³/mol. The summed E-state index contributed by atoms with van der Waals surface area (Å²) in [5.41, 5.74) is -0.534. The second-order valence-electron chi connectivity index (χ2n) is 5.40. The lowest BCUT2D eigenvalue weighted by molar-refractivity contribution is 0.0270. The van der Waals surface area contributed by atoms with Gasteiger partial charge in [0.05, 0.1) is 24.9 Å². The Bertz CT molecular complexity index is 412. The van der Waals surface area contributed by atoms with Crippen molar-refractivity contribution in [2.24, 2.45) is 0 Å². The Morgan fingerprint density at radius 1 is 1.44 bits per heavy atom. The van der Waals surface area contributed by atoms with Crippen LogP contribution in [0.4, 0.5) is 4.79 Å². The molecule has 1 N–H and O–H groups in total. The summed E-state index contributed by atoms with van der Waals surface area (Å²) in [6, 6.07) is -0.264. The fourth-order valence-corrected chi connectivity index (χ4v) is 1.90. The van der Waals surface area contributed by atoms with Crippen molar-refractivity contribution in [1.29, 1.82) is 0 Å². The maximum Gasteiger partial charge on any atom is 0.410 e. The van der Waals surface area contributed by atoms with E-state index in [1.165, 1.54) is 4.90 Å². The zero-order valence-corrected chi connectivity index (χ0v) is 10.8. The molecule has 1 unspecified atom stereocenters. The summed E-state index contributed by atoms with van der Waals surface area (Å²) in [5.74, 6) is 0. The first-order chi connectivity index (χ1) is 8.37. The molecule has 7 heteroatoms. The van der Waals surface area contributed by atoms with E-state index in [0.717, 1.165) is 0 Å². The van der Waals surface area contributed by atoms with Crippen LogP contribution in [0, 0.1) is 0 Å². The Morgan fingerprint density at radius 3 is 2.72 bits per heavy atom. The van der Waals surface area contributed by atoms with E-state index in [-0.39, 0.29) is 12.6 Å². The number of amides is 1. The minimum Gasteiger partial charge on any atom is -0.444 e. The van der Waals surface area contributed by atoms with Crippen molar-refractivity contribution < 1.29 is 14.6 Å². The Hall–Kier alpha value is -1.63. The van der Waals surface area contributed by atoms with Crippen LogP contribution >= 0.6 is 0 Å². The van der Waals surface area contributed by atoms with Crippen LogP contribution in [-0.4, -0.2) is 55.9 Å². The van der Waals surface area contributed by atoms with Gasteiger partial charge < -0.3 is 14.7 Å². The van der Waals surface area contributed by atoms with Gasteiger partial charge in [-0.3, -0.25) is 0 Å². The number of hydrogen-bond acceptors (Lipinski definition) is 5. The molecule has 100 valence electrons. The summed E-state index contributed by atoms with van der Waals surface area (Å²) in [6.45, 7) is 6.06. The van der Waals surface area contributed by atoms with Crippen LogP contribution in [0.25, 0.3) is 0 Å². The zero-order valence-electron chi connectivity index (χ0n) is 10.8. The summed E-state index contributed by atoms with van der Waals surface area (Å²) in [7, 11) is 0. The van der Waals surface area contributed by atoms with Crippen molar-refractivity contribution in [1.82, 2.24) is 19.9 Å². The molecule has 0 aliphatic carbocycles. The summed E-state index contributed by atoms with van der Waals surface area (Å²) >= 11 is 0. The third kappa shape index (κ3) is 2.79. The van der Waals surface area contributed by atoms with Gasteiger partial charge in [-0.15, -0.1) is 5.10 Å². The first kappa shape index (κ1) is 12.8.